The molecule has 2 atom stereocenters. The zero-order valence-corrected chi connectivity index (χ0v) is 14.6. The van der Waals surface area contributed by atoms with Gasteiger partial charge in [0.1, 0.15) is 11.5 Å². The van der Waals surface area contributed by atoms with Gasteiger partial charge in [-0.2, -0.15) is 0 Å². The van der Waals surface area contributed by atoms with Gasteiger partial charge in [0.05, 0.1) is 18.9 Å². The number of morpholine rings is 1. The van der Waals surface area contributed by atoms with Crippen LogP contribution < -0.4 is 10.1 Å². The van der Waals surface area contributed by atoms with Gasteiger partial charge < -0.3 is 14.8 Å². The van der Waals surface area contributed by atoms with E-state index in [1.807, 2.05) is 12.1 Å². The van der Waals surface area contributed by atoms with Crippen LogP contribution in [0.25, 0.3) is 0 Å². The van der Waals surface area contributed by atoms with Crippen LogP contribution >= 0.6 is 0 Å². The van der Waals surface area contributed by atoms with Gasteiger partial charge in [-0.05, 0) is 55.8 Å². The summed E-state index contributed by atoms with van der Waals surface area (Å²) < 4.78 is 11.6. The van der Waals surface area contributed by atoms with Crippen molar-refractivity contribution in [3.8, 4) is 11.5 Å². The lowest BCUT2D eigenvalue weighted by molar-refractivity contribution is -0.0461. The predicted molar refractivity (Wildman–Crippen MR) is 97.4 cm³/mol. The molecule has 26 heavy (non-hydrogen) atoms. The van der Waals surface area contributed by atoms with Crippen molar-refractivity contribution in [3.63, 3.8) is 0 Å². The van der Waals surface area contributed by atoms with Gasteiger partial charge in [-0.15, -0.1) is 0 Å². The van der Waals surface area contributed by atoms with Gasteiger partial charge in [0.15, 0.2) is 0 Å². The second-order valence-electron chi connectivity index (χ2n) is 6.77. The predicted octanol–water partition coefficient (Wildman–Crippen LogP) is 2.47. The van der Waals surface area contributed by atoms with Gasteiger partial charge in [0.2, 0.25) is 0 Å². The molecule has 6 heteroatoms. The molecule has 4 rings (SSSR count). The Hall–Kier alpha value is -2.44. The van der Waals surface area contributed by atoms with Crippen LogP contribution in [0, 0.1) is 0 Å². The van der Waals surface area contributed by atoms with E-state index in [0.717, 1.165) is 19.7 Å². The van der Waals surface area contributed by atoms with Gasteiger partial charge in [0.25, 0.3) is 5.91 Å². The molecular weight excluding hydrogens is 330 g/mol. The number of pyridine rings is 1. The van der Waals surface area contributed by atoms with Gasteiger partial charge in [-0.1, -0.05) is 0 Å². The highest BCUT2D eigenvalue weighted by atomic mass is 16.5. The molecule has 1 aromatic heterocycles. The molecule has 1 amide bonds. The summed E-state index contributed by atoms with van der Waals surface area (Å²) in [7, 11) is 0. The molecule has 2 aromatic rings. The topological polar surface area (TPSA) is 63.7 Å². The Bertz CT molecular complexity index is 736. The quantitative estimate of drug-likeness (QED) is 0.895. The summed E-state index contributed by atoms with van der Waals surface area (Å²) in [5.41, 5.74) is 0.610. The van der Waals surface area contributed by atoms with E-state index in [1.54, 1.807) is 36.7 Å². The summed E-state index contributed by atoms with van der Waals surface area (Å²) in [4.78, 5) is 18.8. The Morgan fingerprint density at radius 1 is 1.27 bits per heavy atom. The zero-order valence-electron chi connectivity index (χ0n) is 14.6. The monoisotopic (exact) mass is 353 g/mol. The average Bonchev–Trinajstić information content (AvgIpc) is 3.15. The molecule has 6 nitrogen and oxygen atoms in total. The van der Waals surface area contributed by atoms with E-state index >= 15 is 0 Å². The van der Waals surface area contributed by atoms with Gasteiger partial charge in [0, 0.05) is 30.9 Å². The molecule has 3 heterocycles. The SMILES string of the molecule is O=C(NCC1CN2CCCC2CO1)c1ccc(Oc2cccnc2)cc1. The third-order valence-electron chi connectivity index (χ3n) is 4.94. The lowest BCUT2D eigenvalue weighted by Crippen LogP contribution is -2.50. The molecule has 0 bridgehead atoms. The summed E-state index contributed by atoms with van der Waals surface area (Å²) in [6.45, 7) is 3.37. The van der Waals surface area contributed by atoms with Crippen LogP contribution in [-0.4, -0.2) is 54.2 Å². The lowest BCUT2D eigenvalue weighted by atomic mass is 10.1. The number of fused-ring (bicyclic) bond motifs is 1. The first-order valence-electron chi connectivity index (χ1n) is 9.10. The van der Waals surface area contributed by atoms with Crippen LogP contribution in [0.3, 0.4) is 0 Å². The molecule has 1 N–H and O–H groups in total. The lowest BCUT2D eigenvalue weighted by Gasteiger charge is -2.35. The van der Waals surface area contributed by atoms with Crippen molar-refractivity contribution >= 4 is 5.91 Å². The normalized spacial score (nSPS) is 22.6. The van der Waals surface area contributed by atoms with Crippen molar-refractivity contribution in [2.45, 2.75) is 25.0 Å². The number of ether oxygens (including phenoxy) is 2. The Balaban J connectivity index is 1.28. The molecule has 0 aliphatic carbocycles. The van der Waals surface area contributed by atoms with E-state index in [4.69, 9.17) is 9.47 Å². The van der Waals surface area contributed by atoms with E-state index in [2.05, 4.69) is 15.2 Å². The van der Waals surface area contributed by atoms with E-state index in [-0.39, 0.29) is 12.0 Å². The second-order valence-corrected chi connectivity index (χ2v) is 6.77. The Kier molecular flexibility index (Phi) is 5.13. The smallest absolute Gasteiger partial charge is 0.251 e. The first kappa shape index (κ1) is 17.0. The highest BCUT2D eigenvalue weighted by molar-refractivity contribution is 5.94. The number of hydrogen-bond donors (Lipinski definition) is 1. The Labute approximate surface area is 153 Å². The number of carbonyl (C=O) groups is 1. The molecule has 136 valence electrons. The summed E-state index contributed by atoms with van der Waals surface area (Å²) in [5, 5.41) is 2.98. The molecule has 2 fully saturated rings. The van der Waals surface area contributed by atoms with Crippen molar-refractivity contribution in [1.82, 2.24) is 15.2 Å². The molecule has 2 aliphatic rings. The van der Waals surface area contributed by atoms with Gasteiger partial charge in [-0.3, -0.25) is 14.7 Å². The van der Waals surface area contributed by atoms with Crippen molar-refractivity contribution in [2.75, 3.05) is 26.2 Å². The molecule has 1 aromatic carbocycles. The fourth-order valence-corrected chi connectivity index (χ4v) is 3.54. The number of carbonyl (C=O) groups excluding carboxylic acids is 1. The number of benzene rings is 1. The maximum atomic E-state index is 12.4. The minimum Gasteiger partial charge on any atom is -0.456 e. The Morgan fingerprint density at radius 3 is 2.96 bits per heavy atom. The third kappa shape index (κ3) is 4.03. The molecule has 0 radical (unpaired) electrons. The maximum Gasteiger partial charge on any atom is 0.251 e. The van der Waals surface area contributed by atoms with Crippen LogP contribution in [0.1, 0.15) is 23.2 Å². The van der Waals surface area contributed by atoms with Crippen molar-refractivity contribution < 1.29 is 14.3 Å². The molecule has 2 aliphatic heterocycles. The summed E-state index contributed by atoms with van der Waals surface area (Å²) in [5.74, 6) is 1.25. The average molecular weight is 353 g/mol. The van der Waals surface area contributed by atoms with Gasteiger partial charge >= 0.3 is 0 Å². The van der Waals surface area contributed by atoms with E-state index in [1.165, 1.54) is 12.8 Å². The second kappa shape index (κ2) is 7.85. The first-order valence-corrected chi connectivity index (χ1v) is 9.10. The number of rotatable bonds is 5. The summed E-state index contributed by atoms with van der Waals surface area (Å²) >= 11 is 0. The van der Waals surface area contributed by atoms with E-state index in [9.17, 15) is 4.79 Å². The van der Waals surface area contributed by atoms with Crippen LogP contribution in [0.5, 0.6) is 11.5 Å². The number of aromatic nitrogens is 1. The molecule has 0 saturated carbocycles. The highest BCUT2D eigenvalue weighted by Gasteiger charge is 2.32. The maximum absolute atomic E-state index is 12.4. The molecule has 2 saturated heterocycles. The van der Waals surface area contributed by atoms with E-state index < -0.39 is 0 Å². The number of hydrogen-bond acceptors (Lipinski definition) is 5. The van der Waals surface area contributed by atoms with Crippen LogP contribution in [0.2, 0.25) is 0 Å². The zero-order chi connectivity index (χ0) is 17.8. The van der Waals surface area contributed by atoms with Crippen LogP contribution in [0.15, 0.2) is 48.8 Å². The van der Waals surface area contributed by atoms with Crippen molar-refractivity contribution in [2.24, 2.45) is 0 Å². The number of nitrogens with zero attached hydrogens (tertiary/aromatic N) is 2. The van der Waals surface area contributed by atoms with Gasteiger partial charge in [-0.25, -0.2) is 0 Å². The summed E-state index contributed by atoms with van der Waals surface area (Å²) in [6, 6.07) is 11.3. The number of nitrogens with one attached hydrogen (secondary N) is 1. The first-order chi connectivity index (χ1) is 12.8. The van der Waals surface area contributed by atoms with Crippen molar-refractivity contribution in [1.29, 1.82) is 0 Å². The minimum absolute atomic E-state index is 0.0708. The minimum atomic E-state index is -0.0925. The van der Waals surface area contributed by atoms with Crippen LogP contribution in [-0.2, 0) is 4.74 Å². The largest absolute Gasteiger partial charge is 0.456 e. The van der Waals surface area contributed by atoms with E-state index in [0.29, 0.717) is 29.6 Å². The van der Waals surface area contributed by atoms with Crippen LogP contribution in [0.4, 0.5) is 0 Å². The standard InChI is InChI=1S/C20H23N3O3/c24-20(22-12-19-13-23-10-2-3-16(23)14-25-19)15-5-7-17(8-6-15)26-18-4-1-9-21-11-18/h1,4-9,11,16,19H,2-3,10,12-14H2,(H,22,24). The fraction of sp³-hybridized carbons (Fsp3) is 0.400. The number of amides is 1. The molecule has 0 spiro atoms. The molecular formula is C20H23N3O3. The summed E-state index contributed by atoms with van der Waals surface area (Å²) in [6.07, 6.45) is 5.89. The Morgan fingerprint density at radius 2 is 2.15 bits per heavy atom. The van der Waals surface area contributed by atoms with Crippen molar-refractivity contribution in [3.05, 3.63) is 54.4 Å². The highest BCUT2D eigenvalue weighted by Crippen LogP contribution is 2.23. The molecule has 2 unspecified atom stereocenters. The third-order valence-corrected chi connectivity index (χ3v) is 4.94. The fourth-order valence-electron chi connectivity index (χ4n) is 3.54.